The highest BCUT2D eigenvalue weighted by Gasteiger charge is 2.19. The number of nitrogens with one attached hydrogen (secondary N) is 1. The van der Waals surface area contributed by atoms with Crippen LogP contribution in [0.5, 0.6) is 0 Å². The summed E-state index contributed by atoms with van der Waals surface area (Å²) in [5, 5.41) is 3.36. The summed E-state index contributed by atoms with van der Waals surface area (Å²) in [7, 11) is 0. The molecule has 7 heteroatoms. The molecule has 6 nitrogen and oxygen atoms in total. The van der Waals surface area contributed by atoms with E-state index in [1.54, 1.807) is 12.3 Å². The minimum Gasteiger partial charge on any atom is -0.376 e. The minimum absolute atomic E-state index is 0.0950. The molecule has 1 fully saturated rings. The Labute approximate surface area is 142 Å². The molecule has 3 aromatic heterocycles. The van der Waals surface area contributed by atoms with Crippen molar-refractivity contribution in [1.29, 1.82) is 0 Å². The average molecular weight is 343 g/mol. The summed E-state index contributed by atoms with van der Waals surface area (Å²) in [6.07, 6.45) is 3.87. The van der Waals surface area contributed by atoms with Crippen molar-refractivity contribution in [3.8, 4) is 0 Å². The lowest BCUT2D eigenvalue weighted by atomic mass is 10.2. The lowest BCUT2D eigenvalue weighted by molar-refractivity contribution is 0.0861. The van der Waals surface area contributed by atoms with Gasteiger partial charge in [0.15, 0.2) is 0 Å². The zero-order valence-electron chi connectivity index (χ0n) is 13.2. The van der Waals surface area contributed by atoms with Crippen LogP contribution in [0.3, 0.4) is 0 Å². The molecule has 0 aliphatic carbocycles. The van der Waals surface area contributed by atoms with Gasteiger partial charge in [-0.3, -0.25) is 14.0 Å². The first kappa shape index (κ1) is 15.3. The number of amides is 1. The van der Waals surface area contributed by atoms with Crippen LogP contribution in [-0.2, 0) is 4.74 Å². The molecule has 1 N–H and O–H groups in total. The normalized spacial score (nSPS) is 17.6. The fraction of sp³-hybridized carbons (Fsp3) is 0.353. The summed E-state index contributed by atoms with van der Waals surface area (Å²) >= 11 is 1.24. The van der Waals surface area contributed by atoms with Crippen LogP contribution in [-0.4, -0.2) is 34.5 Å². The van der Waals surface area contributed by atoms with E-state index in [2.05, 4.69) is 10.3 Å². The van der Waals surface area contributed by atoms with Gasteiger partial charge in [-0.25, -0.2) is 4.98 Å². The zero-order valence-corrected chi connectivity index (χ0v) is 14.1. The SMILES string of the molecule is Cc1ccc2nc3sc(C(=O)NC[C@@H]4CCCO4)cc3c(=O)n2c1. The molecule has 24 heavy (non-hydrogen) atoms. The number of fused-ring (bicyclic) bond motifs is 2. The van der Waals surface area contributed by atoms with Crippen molar-refractivity contribution in [3.63, 3.8) is 0 Å². The number of aryl methyl sites for hydroxylation is 1. The number of carbonyl (C=O) groups excluding carboxylic acids is 1. The summed E-state index contributed by atoms with van der Waals surface area (Å²) in [4.78, 5) is 30.5. The van der Waals surface area contributed by atoms with E-state index >= 15 is 0 Å². The summed E-state index contributed by atoms with van der Waals surface area (Å²) in [6.45, 7) is 3.18. The van der Waals surface area contributed by atoms with Gasteiger partial charge in [-0.2, -0.15) is 0 Å². The number of ether oxygens (including phenoxy) is 1. The lowest BCUT2D eigenvalue weighted by Crippen LogP contribution is -2.31. The van der Waals surface area contributed by atoms with Gasteiger partial charge in [0, 0.05) is 19.3 Å². The van der Waals surface area contributed by atoms with Crippen molar-refractivity contribution in [1.82, 2.24) is 14.7 Å². The Hall–Kier alpha value is -2.25. The smallest absolute Gasteiger partial charge is 0.266 e. The molecular weight excluding hydrogens is 326 g/mol. The number of nitrogens with zero attached hydrogens (tertiary/aromatic N) is 2. The van der Waals surface area contributed by atoms with Gasteiger partial charge in [-0.1, -0.05) is 6.07 Å². The molecule has 4 rings (SSSR count). The average Bonchev–Trinajstić information content (AvgIpc) is 3.23. The number of thiophene rings is 1. The maximum Gasteiger partial charge on any atom is 0.266 e. The summed E-state index contributed by atoms with van der Waals surface area (Å²) in [5.74, 6) is -0.182. The predicted molar refractivity (Wildman–Crippen MR) is 92.9 cm³/mol. The van der Waals surface area contributed by atoms with Gasteiger partial charge in [0.1, 0.15) is 10.5 Å². The Bertz CT molecular complexity index is 986. The van der Waals surface area contributed by atoms with Crippen LogP contribution in [0.2, 0.25) is 0 Å². The molecule has 1 aliphatic heterocycles. The number of hydrogen-bond donors (Lipinski definition) is 1. The zero-order chi connectivity index (χ0) is 16.7. The minimum atomic E-state index is -0.182. The first-order valence-corrected chi connectivity index (χ1v) is 8.76. The second-order valence-electron chi connectivity index (χ2n) is 6.03. The van der Waals surface area contributed by atoms with Crippen LogP contribution in [0.25, 0.3) is 15.9 Å². The van der Waals surface area contributed by atoms with Gasteiger partial charge < -0.3 is 10.1 Å². The molecule has 1 atom stereocenters. The van der Waals surface area contributed by atoms with E-state index in [4.69, 9.17) is 4.74 Å². The van der Waals surface area contributed by atoms with Crippen LogP contribution in [0.1, 0.15) is 28.1 Å². The fourth-order valence-electron chi connectivity index (χ4n) is 2.92. The van der Waals surface area contributed by atoms with Crippen LogP contribution < -0.4 is 10.9 Å². The van der Waals surface area contributed by atoms with Gasteiger partial charge in [-0.05, 0) is 37.5 Å². The Morgan fingerprint density at radius 3 is 3.17 bits per heavy atom. The molecule has 0 aromatic carbocycles. The highest BCUT2D eigenvalue weighted by Crippen LogP contribution is 2.22. The van der Waals surface area contributed by atoms with Gasteiger partial charge in [0.25, 0.3) is 11.5 Å². The van der Waals surface area contributed by atoms with E-state index in [-0.39, 0.29) is 17.6 Å². The Morgan fingerprint density at radius 2 is 2.38 bits per heavy atom. The van der Waals surface area contributed by atoms with E-state index in [1.807, 2.05) is 19.1 Å². The van der Waals surface area contributed by atoms with Gasteiger partial charge in [-0.15, -0.1) is 11.3 Å². The van der Waals surface area contributed by atoms with E-state index in [0.717, 1.165) is 25.0 Å². The Balaban J connectivity index is 1.67. The first-order chi connectivity index (χ1) is 11.6. The predicted octanol–water partition coefficient (Wildman–Crippen LogP) is 2.13. The molecule has 1 saturated heterocycles. The quantitative estimate of drug-likeness (QED) is 0.791. The van der Waals surface area contributed by atoms with Gasteiger partial charge in [0.05, 0.1) is 16.4 Å². The standard InChI is InChI=1S/C17H17N3O3S/c1-10-4-5-14-19-16-12(17(22)20(14)9-10)7-13(24-16)15(21)18-8-11-3-2-6-23-11/h4-5,7,9,11H,2-3,6,8H2,1H3,(H,18,21)/t11-/m0/s1. The molecule has 0 unspecified atom stereocenters. The van der Waals surface area contributed by atoms with Crippen molar-refractivity contribution in [3.05, 3.63) is 45.2 Å². The fourth-order valence-corrected chi connectivity index (χ4v) is 3.86. The van der Waals surface area contributed by atoms with E-state index < -0.39 is 0 Å². The van der Waals surface area contributed by atoms with Crippen molar-refractivity contribution in [2.24, 2.45) is 0 Å². The molecule has 0 radical (unpaired) electrons. The monoisotopic (exact) mass is 343 g/mol. The third-order valence-electron chi connectivity index (χ3n) is 4.19. The number of pyridine rings is 1. The molecular formula is C17H17N3O3S. The molecule has 1 amide bonds. The third-order valence-corrected chi connectivity index (χ3v) is 5.22. The van der Waals surface area contributed by atoms with Crippen molar-refractivity contribution < 1.29 is 9.53 Å². The van der Waals surface area contributed by atoms with Crippen LogP contribution in [0.4, 0.5) is 0 Å². The van der Waals surface area contributed by atoms with Crippen molar-refractivity contribution in [2.45, 2.75) is 25.9 Å². The van der Waals surface area contributed by atoms with Crippen molar-refractivity contribution >= 4 is 33.1 Å². The summed E-state index contributed by atoms with van der Waals surface area (Å²) < 4.78 is 7.03. The van der Waals surface area contributed by atoms with E-state index in [0.29, 0.717) is 27.3 Å². The van der Waals surface area contributed by atoms with E-state index in [1.165, 1.54) is 15.7 Å². The Kier molecular flexibility index (Phi) is 3.82. The third kappa shape index (κ3) is 2.70. The second kappa shape index (κ2) is 5.99. The molecule has 1 aliphatic rings. The molecule has 124 valence electrons. The molecule has 0 bridgehead atoms. The van der Waals surface area contributed by atoms with Crippen LogP contribution in [0, 0.1) is 6.92 Å². The number of carbonyl (C=O) groups is 1. The van der Waals surface area contributed by atoms with Gasteiger partial charge in [0.2, 0.25) is 0 Å². The summed E-state index contributed by atoms with van der Waals surface area (Å²) in [6, 6.07) is 5.36. The molecule has 0 spiro atoms. The van der Waals surface area contributed by atoms with Gasteiger partial charge >= 0.3 is 0 Å². The number of hydrogen-bond acceptors (Lipinski definition) is 5. The Morgan fingerprint density at radius 1 is 1.50 bits per heavy atom. The number of aromatic nitrogens is 2. The van der Waals surface area contributed by atoms with Crippen LogP contribution in [0.15, 0.2) is 29.2 Å². The molecule has 4 heterocycles. The lowest BCUT2D eigenvalue weighted by Gasteiger charge is -2.09. The maximum absolute atomic E-state index is 12.6. The maximum atomic E-state index is 12.6. The molecule has 3 aromatic rings. The molecule has 0 saturated carbocycles. The summed E-state index contributed by atoms with van der Waals surface area (Å²) in [5.41, 5.74) is 1.43. The second-order valence-corrected chi connectivity index (χ2v) is 7.06. The van der Waals surface area contributed by atoms with Crippen molar-refractivity contribution in [2.75, 3.05) is 13.2 Å². The topological polar surface area (TPSA) is 72.7 Å². The highest BCUT2D eigenvalue weighted by molar-refractivity contribution is 7.20. The first-order valence-electron chi connectivity index (χ1n) is 7.94. The number of rotatable bonds is 3. The van der Waals surface area contributed by atoms with Crippen LogP contribution >= 0.6 is 11.3 Å². The largest absolute Gasteiger partial charge is 0.376 e. The highest BCUT2D eigenvalue weighted by atomic mass is 32.1. The van der Waals surface area contributed by atoms with E-state index in [9.17, 15) is 9.59 Å².